The van der Waals surface area contributed by atoms with Crippen molar-refractivity contribution in [2.45, 2.75) is 11.1 Å². The minimum atomic E-state index is -3.82. The molecule has 0 radical (unpaired) electrons. The second-order valence-electron chi connectivity index (χ2n) is 5.23. The number of fused-ring (bicyclic) bond motifs is 1. The van der Waals surface area contributed by atoms with Crippen molar-refractivity contribution in [1.82, 2.24) is 0 Å². The maximum absolute atomic E-state index is 12.6. The number of benzene rings is 1. The van der Waals surface area contributed by atoms with Gasteiger partial charge in [0.1, 0.15) is 4.21 Å². The lowest BCUT2D eigenvalue weighted by atomic mass is 10.1. The third-order valence-corrected chi connectivity index (χ3v) is 6.30. The molecule has 1 N–H and O–H groups in total. The van der Waals surface area contributed by atoms with E-state index in [0.717, 1.165) is 11.3 Å². The monoisotopic (exact) mass is 411 g/mol. The molecular weight excluding hydrogens is 394 g/mol. The lowest BCUT2D eigenvalue weighted by Crippen LogP contribution is -2.13. The summed E-state index contributed by atoms with van der Waals surface area (Å²) in [5, 5.41) is 1.66. The van der Waals surface area contributed by atoms with E-state index in [-0.39, 0.29) is 29.0 Å². The van der Waals surface area contributed by atoms with Crippen LogP contribution in [0.3, 0.4) is 0 Å². The van der Waals surface area contributed by atoms with Gasteiger partial charge in [0, 0.05) is 17.7 Å². The van der Waals surface area contributed by atoms with Gasteiger partial charge in [-0.1, -0.05) is 6.07 Å². The highest BCUT2D eigenvalue weighted by molar-refractivity contribution is 7.94. The van der Waals surface area contributed by atoms with E-state index in [2.05, 4.69) is 4.72 Å². The molecule has 0 amide bonds. The number of methoxy groups -OCH3 is 1. The Labute approximate surface area is 160 Å². The average molecular weight is 411 g/mol. The first kappa shape index (κ1) is 19.1. The van der Waals surface area contributed by atoms with E-state index in [1.807, 2.05) is 0 Å². The molecule has 8 nitrogen and oxygen atoms in total. The van der Waals surface area contributed by atoms with Gasteiger partial charge in [-0.3, -0.25) is 4.72 Å². The van der Waals surface area contributed by atoms with E-state index in [1.165, 1.54) is 31.4 Å². The van der Waals surface area contributed by atoms with Crippen LogP contribution in [0.4, 0.5) is 5.69 Å². The van der Waals surface area contributed by atoms with Crippen molar-refractivity contribution in [1.29, 1.82) is 0 Å². The van der Waals surface area contributed by atoms with Crippen molar-refractivity contribution in [3.8, 4) is 17.2 Å². The van der Waals surface area contributed by atoms with Gasteiger partial charge < -0.3 is 18.9 Å². The van der Waals surface area contributed by atoms with Crippen LogP contribution < -0.4 is 18.9 Å². The number of hydrogen-bond acceptors (Lipinski definition) is 8. The first-order chi connectivity index (χ1) is 13.0. The maximum Gasteiger partial charge on any atom is 0.330 e. The van der Waals surface area contributed by atoms with Crippen LogP contribution in [0.25, 0.3) is 6.08 Å². The van der Waals surface area contributed by atoms with E-state index in [9.17, 15) is 13.2 Å². The third-order valence-electron chi connectivity index (χ3n) is 3.54. The Morgan fingerprint density at radius 2 is 2.22 bits per heavy atom. The molecule has 0 bridgehead atoms. The second-order valence-corrected chi connectivity index (χ2v) is 8.08. The van der Waals surface area contributed by atoms with Crippen molar-refractivity contribution in [2.75, 3.05) is 25.2 Å². The number of sulfonamides is 1. The zero-order chi connectivity index (χ0) is 19.4. The SMILES string of the molecule is CCOC(=O)C=Cc1c(NS(=O)(=O)c2cccs2)cc2c(c1OC)OCO2. The Bertz CT molecular complexity index is 966. The van der Waals surface area contributed by atoms with Crippen molar-refractivity contribution in [3.63, 3.8) is 0 Å². The molecule has 0 aliphatic carbocycles. The third kappa shape index (κ3) is 4.01. The molecule has 0 atom stereocenters. The quantitative estimate of drug-likeness (QED) is 0.552. The first-order valence-corrected chi connectivity index (χ1v) is 10.2. The van der Waals surface area contributed by atoms with Crippen LogP contribution in [0.1, 0.15) is 12.5 Å². The van der Waals surface area contributed by atoms with Gasteiger partial charge in [0.25, 0.3) is 10.0 Å². The number of ether oxygens (including phenoxy) is 4. The number of carbonyl (C=O) groups is 1. The van der Waals surface area contributed by atoms with Crippen LogP contribution in [0.2, 0.25) is 0 Å². The molecule has 27 heavy (non-hydrogen) atoms. The molecule has 10 heteroatoms. The molecular formula is C17H17NO7S2. The smallest absolute Gasteiger partial charge is 0.330 e. The molecule has 1 aliphatic rings. The predicted molar refractivity (Wildman–Crippen MR) is 99.9 cm³/mol. The maximum atomic E-state index is 12.6. The van der Waals surface area contributed by atoms with E-state index >= 15 is 0 Å². The van der Waals surface area contributed by atoms with Gasteiger partial charge in [-0.15, -0.1) is 11.3 Å². The van der Waals surface area contributed by atoms with Gasteiger partial charge in [-0.2, -0.15) is 0 Å². The van der Waals surface area contributed by atoms with Crippen molar-refractivity contribution in [2.24, 2.45) is 0 Å². The number of nitrogens with one attached hydrogen (secondary N) is 1. The molecule has 1 aliphatic heterocycles. The summed E-state index contributed by atoms with van der Waals surface area (Å²) in [6, 6.07) is 4.62. The highest BCUT2D eigenvalue weighted by Gasteiger charge is 2.27. The summed E-state index contributed by atoms with van der Waals surface area (Å²) in [4.78, 5) is 11.7. The molecule has 0 spiro atoms. The number of thiophene rings is 1. The summed E-state index contributed by atoms with van der Waals surface area (Å²) in [6.07, 6.45) is 2.59. The fourth-order valence-electron chi connectivity index (χ4n) is 2.43. The summed E-state index contributed by atoms with van der Waals surface area (Å²) in [6.45, 7) is 1.89. The summed E-state index contributed by atoms with van der Waals surface area (Å²) in [5.41, 5.74) is 0.500. The molecule has 0 saturated carbocycles. The molecule has 0 saturated heterocycles. The van der Waals surface area contributed by atoms with Gasteiger partial charge in [0.05, 0.1) is 19.4 Å². The second kappa shape index (κ2) is 7.89. The standard InChI is InChI=1S/C17H17NO7S2/c1-3-23-14(19)7-6-11-12(18-27(20,21)15-5-4-8-26-15)9-13-17(16(11)22-2)25-10-24-13/h4-9,18H,3,10H2,1-2H3. The summed E-state index contributed by atoms with van der Waals surface area (Å²) in [7, 11) is -2.40. The fraction of sp³-hybridized carbons (Fsp3) is 0.235. The minimum Gasteiger partial charge on any atom is -0.492 e. The Morgan fingerprint density at radius 3 is 2.89 bits per heavy atom. The van der Waals surface area contributed by atoms with Crippen molar-refractivity contribution < 1.29 is 32.2 Å². The Balaban J connectivity index is 2.07. The fourth-order valence-corrected chi connectivity index (χ4v) is 4.50. The van der Waals surface area contributed by atoms with Gasteiger partial charge in [0.15, 0.2) is 11.5 Å². The summed E-state index contributed by atoms with van der Waals surface area (Å²) < 4.78 is 48.9. The number of carbonyl (C=O) groups excluding carboxylic acids is 1. The van der Waals surface area contributed by atoms with Gasteiger partial charge in [-0.05, 0) is 24.4 Å². The lowest BCUT2D eigenvalue weighted by molar-refractivity contribution is -0.137. The number of rotatable bonds is 7. The van der Waals surface area contributed by atoms with Gasteiger partial charge in [-0.25, -0.2) is 13.2 Å². The molecule has 2 heterocycles. The highest BCUT2D eigenvalue weighted by Crippen LogP contribution is 2.47. The zero-order valence-corrected chi connectivity index (χ0v) is 16.2. The number of esters is 1. The van der Waals surface area contributed by atoms with Crippen LogP contribution in [0.15, 0.2) is 33.9 Å². The van der Waals surface area contributed by atoms with Crippen LogP contribution in [0, 0.1) is 0 Å². The lowest BCUT2D eigenvalue weighted by Gasteiger charge is -2.15. The topological polar surface area (TPSA) is 100 Å². The van der Waals surface area contributed by atoms with E-state index < -0.39 is 16.0 Å². The summed E-state index contributed by atoms with van der Waals surface area (Å²) in [5.74, 6) is 0.350. The predicted octanol–water partition coefficient (Wildman–Crippen LogP) is 2.86. The molecule has 1 aromatic carbocycles. The first-order valence-electron chi connectivity index (χ1n) is 7.88. The largest absolute Gasteiger partial charge is 0.492 e. The van der Waals surface area contributed by atoms with E-state index in [0.29, 0.717) is 17.1 Å². The molecule has 1 aromatic heterocycles. The Kier molecular flexibility index (Phi) is 5.57. The normalized spacial score (nSPS) is 13.0. The Hall–Kier alpha value is -2.72. The van der Waals surface area contributed by atoms with Gasteiger partial charge in [0.2, 0.25) is 12.5 Å². The molecule has 0 unspecified atom stereocenters. The Morgan fingerprint density at radius 1 is 1.41 bits per heavy atom. The van der Waals surface area contributed by atoms with E-state index in [4.69, 9.17) is 18.9 Å². The molecule has 0 fully saturated rings. The van der Waals surface area contributed by atoms with E-state index in [1.54, 1.807) is 18.4 Å². The highest BCUT2D eigenvalue weighted by atomic mass is 32.2. The molecule has 3 rings (SSSR count). The van der Waals surface area contributed by atoms with Crippen LogP contribution in [-0.2, 0) is 19.6 Å². The summed E-state index contributed by atoms with van der Waals surface area (Å²) >= 11 is 1.09. The number of hydrogen-bond donors (Lipinski definition) is 1. The van der Waals surface area contributed by atoms with Crippen LogP contribution in [-0.4, -0.2) is 34.9 Å². The van der Waals surface area contributed by atoms with Crippen molar-refractivity contribution in [3.05, 3.63) is 35.2 Å². The molecule has 2 aromatic rings. The van der Waals surface area contributed by atoms with Crippen molar-refractivity contribution >= 4 is 39.1 Å². The van der Waals surface area contributed by atoms with Gasteiger partial charge >= 0.3 is 5.97 Å². The molecule has 144 valence electrons. The number of anilines is 1. The average Bonchev–Trinajstić information content (AvgIpc) is 3.31. The van der Waals surface area contributed by atoms with Crippen LogP contribution in [0.5, 0.6) is 17.2 Å². The zero-order valence-electron chi connectivity index (χ0n) is 14.6. The van der Waals surface area contributed by atoms with Crippen LogP contribution >= 0.6 is 11.3 Å². The minimum absolute atomic E-state index is 0.0200.